The zero-order valence-corrected chi connectivity index (χ0v) is 12.3. The molecule has 0 aliphatic rings. The summed E-state index contributed by atoms with van der Waals surface area (Å²) in [5.74, 6) is -0.0601. The van der Waals surface area contributed by atoms with Crippen LogP contribution in [-0.2, 0) is 4.74 Å². The Bertz CT molecular complexity index is 599. The van der Waals surface area contributed by atoms with Gasteiger partial charge in [-0.25, -0.2) is 9.78 Å². The minimum absolute atomic E-state index is 0.307. The second kappa shape index (κ2) is 5.87. The summed E-state index contributed by atoms with van der Waals surface area (Å²) in [6, 6.07) is 9.26. The highest BCUT2D eigenvalue weighted by molar-refractivity contribution is 14.1. The lowest BCUT2D eigenvalue weighted by molar-refractivity contribution is 0.0601. The van der Waals surface area contributed by atoms with E-state index in [4.69, 9.17) is 10.5 Å². The fraction of sp³-hybridized carbons (Fsp3) is 0.0769. The number of carbonyl (C=O) groups excluding carboxylic acids is 1. The van der Waals surface area contributed by atoms with Crippen molar-refractivity contribution in [1.29, 1.82) is 0 Å². The molecule has 1 heterocycles. The number of nitrogens with zero attached hydrogens (tertiary/aromatic N) is 1. The zero-order chi connectivity index (χ0) is 13.8. The molecule has 0 atom stereocenters. The second-order valence-corrected chi connectivity index (χ2v) is 5.03. The molecule has 5 nitrogen and oxygen atoms in total. The van der Waals surface area contributed by atoms with Crippen LogP contribution in [-0.4, -0.2) is 18.1 Å². The standard InChI is InChI=1S/C13H12IN3O2/c1-19-13(18)11-6-9(15)7-16-12(11)17-10-4-2-8(14)3-5-10/h2-7H,15H2,1H3,(H,16,17). The fourth-order valence-corrected chi connectivity index (χ4v) is 1.88. The van der Waals surface area contributed by atoms with Crippen molar-refractivity contribution in [3.8, 4) is 0 Å². The molecule has 0 aliphatic heterocycles. The average Bonchev–Trinajstić information content (AvgIpc) is 2.42. The van der Waals surface area contributed by atoms with Crippen molar-refractivity contribution < 1.29 is 9.53 Å². The molecule has 2 aromatic rings. The molecule has 0 fully saturated rings. The molecule has 3 N–H and O–H groups in total. The van der Waals surface area contributed by atoms with Crippen LogP contribution in [0.15, 0.2) is 36.5 Å². The number of halogens is 1. The molecule has 1 aromatic carbocycles. The predicted octanol–water partition coefficient (Wildman–Crippen LogP) is 2.80. The highest BCUT2D eigenvalue weighted by Gasteiger charge is 2.13. The normalized spacial score (nSPS) is 10.0. The first-order chi connectivity index (χ1) is 9.10. The van der Waals surface area contributed by atoms with E-state index in [-0.39, 0.29) is 0 Å². The van der Waals surface area contributed by atoms with E-state index in [1.165, 1.54) is 19.4 Å². The van der Waals surface area contributed by atoms with E-state index in [0.29, 0.717) is 17.1 Å². The summed E-state index contributed by atoms with van der Waals surface area (Å²) in [4.78, 5) is 15.8. The van der Waals surface area contributed by atoms with Gasteiger partial charge in [0.15, 0.2) is 0 Å². The van der Waals surface area contributed by atoms with Gasteiger partial charge in [-0.2, -0.15) is 0 Å². The molecule has 2 rings (SSSR count). The van der Waals surface area contributed by atoms with Gasteiger partial charge in [-0.3, -0.25) is 0 Å². The van der Waals surface area contributed by atoms with Crippen molar-refractivity contribution in [1.82, 2.24) is 4.98 Å². The molecule has 0 bridgehead atoms. The number of esters is 1. The van der Waals surface area contributed by atoms with Crippen molar-refractivity contribution >= 4 is 45.8 Å². The van der Waals surface area contributed by atoms with Gasteiger partial charge >= 0.3 is 5.97 Å². The number of carbonyl (C=O) groups is 1. The third-order valence-corrected chi connectivity index (χ3v) is 3.14. The summed E-state index contributed by atoms with van der Waals surface area (Å²) >= 11 is 2.22. The van der Waals surface area contributed by atoms with Crippen LogP contribution in [0.25, 0.3) is 0 Å². The first kappa shape index (κ1) is 13.6. The maximum Gasteiger partial charge on any atom is 0.341 e. The third-order valence-electron chi connectivity index (χ3n) is 2.42. The van der Waals surface area contributed by atoms with Gasteiger partial charge in [0.2, 0.25) is 0 Å². The van der Waals surface area contributed by atoms with Crippen LogP contribution < -0.4 is 11.1 Å². The number of hydrogen-bond acceptors (Lipinski definition) is 5. The van der Waals surface area contributed by atoms with Gasteiger partial charge in [0.05, 0.1) is 19.0 Å². The van der Waals surface area contributed by atoms with Crippen molar-refractivity contribution in [2.24, 2.45) is 0 Å². The lowest BCUT2D eigenvalue weighted by Gasteiger charge is -2.10. The Hall–Kier alpha value is -1.83. The summed E-state index contributed by atoms with van der Waals surface area (Å²) in [5.41, 5.74) is 7.19. The monoisotopic (exact) mass is 369 g/mol. The van der Waals surface area contributed by atoms with Gasteiger partial charge in [0.1, 0.15) is 11.4 Å². The number of rotatable bonds is 3. The summed E-state index contributed by atoms with van der Waals surface area (Å²) in [7, 11) is 1.32. The predicted molar refractivity (Wildman–Crippen MR) is 82.4 cm³/mol. The molecular formula is C13H12IN3O2. The summed E-state index contributed by atoms with van der Waals surface area (Å²) in [5, 5.41) is 3.07. The van der Waals surface area contributed by atoms with Crippen LogP contribution in [0, 0.1) is 3.57 Å². The minimum Gasteiger partial charge on any atom is -0.465 e. The van der Waals surface area contributed by atoms with Crippen LogP contribution in [0.2, 0.25) is 0 Å². The van der Waals surface area contributed by atoms with E-state index in [0.717, 1.165) is 9.26 Å². The molecule has 0 unspecified atom stereocenters. The quantitative estimate of drug-likeness (QED) is 0.643. The Balaban J connectivity index is 2.34. The van der Waals surface area contributed by atoms with E-state index in [9.17, 15) is 4.79 Å². The van der Waals surface area contributed by atoms with E-state index >= 15 is 0 Å². The van der Waals surface area contributed by atoms with Gasteiger partial charge < -0.3 is 15.8 Å². The number of aromatic nitrogens is 1. The SMILES string of the molecule is COC(=O)c1cc(N)cnc1Nc1ccc(I)cc1. The number of nitrogen functional groups attached to an aromatic ring is 1. The van der Waals surface area contributed by atoms with E-state index in [2.05, 4.69) is 32.9 Å². The van der Waals surface area contributed by atoms with Gasteiger partial charge in [-0.1, -0.05) is 0 Å². The number of pyridine rings is 1. The first-order valence-electron chi connectivity index (χ1n) is 5.46. The lowest BCUT2D eigenvalue weighted by Crippen LogP contribution is -2.08. The van der Waals surface area contributed by atoms with Gasteiger partial charge in [-0.05, 0) is 52.9 Å². The number of nitrogens with two attached hydrogens (primary N) is 1. The Morgan fingerprint density at radius 3 is 2.68 bits per heavy atom. The zero-order valence-electron chi connectivity index (χ0n) is 10.2. The van der Waals surface area contributed by atoms with E-state index in [1.54, 1.807) is 0 Å². The van der Waals surface area contributed by atoms with Crippen molar-refractivity contribution in [3.05, 3.63) is 45.7 Å². The smallest absolute Gasteiger partial charge is 0.341 e. The van der Waals surface area contributed by atoms with Gasteiger partial charge in [0.25, 0.3) is 0 Å². The molecule has 0 amide bonds. The Morgan fingerprint density at radius 1 is 1.37 bits per heavy atom. The molecule has 0 saturated carbocycles. The summed E-state index contributed by atoms with van der Waals surface area (Å²) in [6.45, 7) is 0. The van der Waals surface area contributed by atoms with Gasteiger partial charge in [-0.15, -0.1) is 0 Å². The van der Waals surface area contributed by atoms with E-state index < -0.39 is 5.97 Å². The fourth-order valence-electron chi connectivity index (χ4n) is 1.52. The van der Waals surface area contributed by atoms with Crippen molar-refractivity contribution in [2.45, 2.75) is 0 Å². The molecule has 0 aliphatic carbocycles. The maximum absolute atomic E-state index is 11.7. The topological polar surface area (TPSA) is 77.2 Å². The average molecular weight is 369 g/mol. The molecule has 19 heavy (non-hydrogen) atoms. The van der Waals surface area contributed by atoms with Crippen LogP contribution in [0.1, 0.15) is 10.4 Å². The number of methoxy groups -OCH3 is 1. The highest BCUT2D eigenvalue weighted by atomic mass is 127. The van der Waals surface area contributed by atoms with Crippen LogP contribution in [0.4, 0.5) is 17.2 Å². The van der Waals surface area contributed by atoms with E-state index in [1.807, 2.05) is 24.3 Å². The molecule has 0 spiro atoms. The Labute approximate surface area is 124 Å². The number of hydrogen-bond donors (Lipinski definition) is 2. The number of ether oxygens (including phenoxy) is 1. The van der Waals surface area contributed by atoms with Crippen molar-refractivity contribution in [2.75, 3.05) is 18.2 Å². The molecule has 6 heteroatoms. The minimum atomic E-state index is -0.479. The second-order valence-electron chi connectivity index (χ2n) is 3.79. The largest absolute Gasteiger partial charge is 0.465 e. The van der Waals surface area contributed by atoms with Crippen LogP contribution in [0.5, 0.6) is 0 Å². The summed E-state index contributed by atoms with van der Waals surface area (Å²) < 4.78 is 5.84. The first-order valence-corrected chi connectivity index (χ1v) is 6.54. The molecule has 98 valence electrons. The molecular weight excluding hydrogens is 357 g/mol. The van der Waals surface area contributed by atoms with Crippen molar-refractivity contribution in [3.63, 3.8) is 0 Å². The molecule has 0 saturated heterocycles. The number of benzene rings is 1. The highest BCUT2D eigenvalue weighted by Crippen LogP contribution is 2.21. The lowest BCUT2D eigenvalue weighted by atomic mass is 10.2. The maximum atomic E-state index is 11.7. The van der Waals surface area contributed by atoms with Crippen LogP contribution in [0.3, 0.4) is 0 Å². The molecule has 0 radical (unpaired) electrons. The Kier molecular flexibility index (Phi) is 4.20. The Morgan fingerprint density at radius 2 is 2.05 bits per heavy atom. The van der Waals surface area contributed by atoms with Crippen LogP contribution >= 0.6 is 22.6 Å². The number of nitrogens with one attached hydrogen (secondary N) is 1. The third kappa shape index (κ3) is 3.34. The van der Waals surface area contributed by atoms with Gasteiger partial charge in [0, 0.05) is 9.26 Å². The summed E-state index contributed by atoms with van der Waals surface area (Å²) in [6.07, 6.45) is 1.49. The molecule has 1 aromatic heterocycles. The number of anilines is 3.